The first-order valence-electron chi connectivity index (χ1n) is 5.53. The minimum Gasteiger partial charge on any atom is -0.323 e. The molecule has 0 bridgehead atoms. The Morgan fingerprint density at radius 2 is 2.05 bits per heavy atom. The van der Waals surface area contributed by atoms with Gasteiger partial charge in [-0.1, -0.05) is 12.1 Å². The highest BCUT2D eigenvalue weighted by Gasteiger charge is 2.18. The maximum absolute atomic E-state index is 12.2. The summed E-state index contributed by atoms with van der Waals surface area (Å²) in [4.78, 5) is 3.80. The molecule has 1 aromatic heterocycles. The predicted molar refractivity (Wildman–Crippen MR) is 74.0 cm³/mol. The van der Waals surface area contributed by atoms with E-state index in [0.29, 0.717) is 5.69 Å². The zero-order valence-corrected chi connectivity index (χ0v) is 11.1. The molecule has 0 atom stereocenters. The van der Waals surface area contributed by atoms with Gasteiger partial charge in [0.05, 0.1) is 5.69 Å². The van der Waals surface area contributed by atoms with Gasteiger partial charge in [0.15, 0.2) is 0 Å². The second-order valence-corrected chi connectivity index (χ2v) is 5.64. The summed E-state index contributed by atoms with van der Waals surface area (Å²) >= 11 is 0. The first kappa shape index (κ1) is 13.3. The first-order chi connectivity index (χ1) is 9.03. The molecule has 2 aromatic rings. The van der Waals surface area contributed by atoms with Gasteiger partial charge in [-0.3, -0.25) is 15.5 Å². The van der Waals surface area contributed by atoms with Gasteiger partial charge in [-0.05, 0) is 30.7 Å². The van der Waals surface area contributed by atoms with Crippen molar-refractivity contribution in [2.75, 3.05) is 10.1 Å². The third kappa shape index (κ3) is 3.01. The van der Waals surface area contributed by atoms with E-state index < -0.39 is 10.0 Å². The van der Waals surface area contributed by atoms with Crippen molar-refractivity contribution in [1.29, 1.82) is 0 Å². The molecule has 0 aliphatic carbocycles. The summed E-state index contributed by atoms with van der Waals surface area (Å²) in [5.41, 5.74) is 4.08. The number of anilines is 2. The van der Waals surface area contributed by atoms with Crippen molar-refractivity contribution in [3.8, 4) is 0 Å². The van der Waals surface area contributed by atoms with E-state index in [-0.39, 0.29) is 10.6 Å². The molecule has 6 nitrogen and oxygen atoms in total. The van der Waals surface area contributed by atoms with Crippen molar-refractivity contribution < 1.29 is 8.42 Å². The van der Waals surface area contributed by atoms with Crippen molar-refractivity contribution in [2.24, 2.45) is 5.84 Å². The zero-order chi connectivity index (χ0) is 13.9. The maximum Gasteiger partial charge on any atom is 0.265 e. The fraction of sp³-hybridized carbons (Fsp3) is 0.0833. The number of nitrogen functional groups attached to an aromatic ring is 1. The normalized spacial score (nSPS) is 11.1. The number of aryl methyl sites for hydroxylation is 1. The van der Waals surface area contributed by atoms with Crippen LogP contribution in [0.3, 0.4) is 0 Å². The molecule has 7 heteroatoms. The van der Waals surface area contributed by atoms with Gasteiger partial charge in [-0.25, -0.2) is 8.42 Å². The number of benzene rings is 1. The fourth-order valence-corrected chi connectivity index (χ4v) is 2.80. The molecule has 4 N–H and O–H groups in total. The van der Waals surface area contributed by atoms with Gasteiger partial charge in [-0.2, -0.15) is 0 Å². The van der Waals surface area contributed by atoms with Gasteiger partial charge >= 0.3 is 0 Å². The molecular weight excluding hydrogens is 264 g/mol. The summed E-state index contributed by atoms with van der Waals surface area (Å²) in [5, 5.41) is 0. The Morgan fingerprint density at radius 1 is 1.26 bits per heavy atom. The average Bonchev–Trinajstić information content (AvgIpc) is 2.38. The third-order valence-corrected chi connectivity index (χ3v) is 3.91. The molecule has 0 amide bonds. The van der Waals surface area contributed by atoms with Gasteiger partial charge in [0.25, 0.3) is 10.0 Å². The number of pyridine rings is 1. The van der Waals surface area contributed by atoms with E-state index in [1.165, 1.54) is 18.5 Å². The van der Waals surface area contributed by atoms with Crippen LogP contribution in [0.2, 0.25) is 0 Å². The number of hydrogen-bond donors (Lipinski definition) is 3. The van der Waals surface area contributed by atoms with Crippen LogP contribution in [-0.4, -0.2) is 13.4 Å². The van der Waals surface area contributed by atoms with Crippen LogP contribution < -0.4 is 16.0 Å². The summed E-state index contributed by atoms with van der Waals surface area (Å²) in [6.45, 7) is 1.88. The largest absolute Gasteiger partial charge is 0.323 e. The van der Waals surface area contributed by atoms with E-state index in [9.17, 15) is 8.42 Å². The lowest BCUT2D eigenvalue weighted by molar-refractivity contribution is 0.601. The Morgan fingerprint density at radius 3 is 2.74 bits per heavy atom. The molecule has 0 aliphatic rings. The highest BCUT2D eigenvalue weighted by molar-refractivity contribution is 7.92. The number of nitrogens with zero attached hydrogens (tertiary/aromatic N) is 1. The lowest BCUT2D eigenvalue weighted by Crippen LogP contribution is -2.17. The smallest absolute Gasteiger partial charge is 0.265 e. The number of aromatic nitrogens is 1. The van der Waals surface area contributed by atoms with Crippen molar-refractivity contribution in [3.63, 3.8) is 0 Å². The van der Waals surface area contributed by atoms with Crippen LogP contribution in [0, 0.1) is 6.92 Å². The van der Waals surface area contributed by atoms with Crippen LogP contribution in [0.1, 0.15) is 5.56 Å². The topological polar surface area (TPSA) is 97.1 Å². The Kier molecular flexibility index (Phi) is 3.68. The van der Waals surface area contributed by atoms with Crippen LogP contribution >= 0.6 is 0 Å². The molecule has 1 aromatic carbocycles. The van der Waals surface area contributed by atoms with Crippen molar-refractivity contribution >= 4 is 21.4 Å². The second-order valence-electron chi connectivity index (χ2n) is 3.99. The van der Waals surface area contributed by atoms with E-state index in [1.54, 1.807) is 18.2 Å². The van der Waals surface area contributed by atoms with Crippen molar-refractivity contribution in [2.45, 2.75) is 11.8 Å². The van der Waals surface area contributed by atoms with Crippen LogP contribution in [0.5, 0.6) is 0 Å². The number of hydrogen-bond acceptors (Lipinski definition) is 5. The molecule has 100 valence electrons. The van der Waals surface area contributed by atoms with Crippen LogP contribution in [0.4, 0.5) is 11.4 Å². The van der Waals surface area contributed by atoms with Crippen LogP contribution in [0.25, 0.3) is 0 Å². The molecule has 0 fully saturated rings. The average molecular weight is 278 g/mol. The number of nitrogens with two attached hydrogens (primary N) is 1. The van der Waals surface area contributed by atoms with Crippen LogP contribution in [-0.2, 0) is 10.0 Å². The Balaban J connectivity index is 2.38. The second kappa shape index (κ2) is 5.25. The van der Waals surface area contributed by atoms with E-state index in [2.05, 4.69) is 15.1 Å². The summed E-state index contributed by atoms with van der Waals surface area (Å²) in [6.07, 6.45) is 2.70. The molecule has 0 spiro atoms. The summed E-state index contributed by atoms with van der Waals surface area (Å²) in [5.74, 6) is 5.29. The molecule has 0 radical (unpaired) electrons. The highest BCUT2D eigenvalue weighted by atomic mass is 32.2. The Hall–Kier alpha value is -2.12. The minimum atomic E-state index is -3.73. The monoisotopic (exact) mass is 278 g/mol. The first-order valence-corrected chi connectivity index (χ1v) is 7.01. The van der Waals surface area contributed by atoms with Crippen molar-refractivity contribution in [3.05, 3.63) is 48.3 Å². The molecule has 19 heavy (non-hydrogen) atoms. The van der Waals surface area contributed by atoms with Gasteiger partial charge in [0.2, 0.25) is 0 Å². The standard InChI is InChI=1S/C12H14N4O2S/c1-9-3-2-4-10(7-9)16-19(17,18)12-8-14-6-5-11(12)15-13/h2-8,16H,13H2,1H3,(H,14,15). The maximum atomic E-state index is 12.2. The molecular formula is C12H14N4O2S. The Labute approximate surface area is 111 Å². The molecule has 2 rings (SSSR count). The van der Waals surface area contributed by atoms with Gasteiger partial charge in [0, 0.05) is 18.1 Å². The van der Waals surface area contributed by atoms with Crippen LogP contribution in [0.15, 0.2) is 47.6 Å². The summed E-state index contributed by atoms with van der Waals surface area (Å²) in [6, 6.07) is 8.57. The molecule has 0 aliphatic heterocycles. The van der Waals surface area contributed by atoms with E-state index in [4.69, 9.17) is 5.84 Å². The minimum absolute atomic E-state index is 0.000920. The summed E-state index contributed by atoms with van der Waals surface area (Å²) in [7, 11) is -3.73. The number of rotatable bonds is 4. The number of hydrazine groups is 1. The van der Waals surface area contributed by atoms with E-state index in [1.807, 2.05) is 13.0 Å². The lowest BCUT2D eigenvalue weighted by Gasteiger charge is -2.11. The van der Waals surface area contributed by atoms with E-state index in [0.717, 1.165) is 5.56 Å². The molecule has 0 saturated carbocycles. The molecule has 0 saturated heterocycles. The lowest BCUT2D eigenvalue weighted by atomic mass is 10.2. The fourth-order valence-electron chi connectivity index (χ4n) is 1.63. The predicted octanol–water partition coefficient (Wildman–Crippen LogP) is 1.48. The quantitative estimate of drug-likeness (QED) is 0.581. The van der Waals surface area contributed by atoms with Gasteiger partial charge in [0.1, 0.15) is 4.90 Å². The molecule has 0 unspecified atom stereocenters. The Bertz CT molecular complexity index is 686. The highest BCUT2D eigenvalue weighted by Crippen LogP contribution is 2.22. The number of nitrogens with one attached hydrogen (secondary N) is 2. The number of sulfonamides is 1. The summed E-state index contributed by atoms with van der Waals surface area (Å²) < 4.78 is 27.0. The van der Waals surface area contributed by atoms with Gasteiger partial charge in [-0.15, -0.1) is 0 Å². The SMILES string of the molecule is Cc1cccc(NS(=O)(=O)c2cnccc2NN)c1. The van der Waals surface area contributed by atoms with E-state index >= 15 is 0 Å². The van der Waals surface area contributed by atoms with Crippen molar-refractivity contribution in [1.82, 2.24) is 4.98 Å². The zero-order valence-electron chi connectivity index (χ0n) is 10.3. The molecule has 1 heterocycles. The third-order valence-electron chi connectivity index (χ3n) is 2.50. The van der Waals surface area contributed by atoms with Gasteiger partial charge < -0.3 is 5.43 Å².